The first-order valence-corrected chi connectivity index (χ1v) is 19.7. The molecule has 0 unspecified atom stereocenters. The van der Waals surface area contributed by atoms with Crippen LogP contribution in [0, 0.1) is 50.7 Å². The molecule has 2 N–H and O–H groups in total. The molecule has 0 aromatic heterocycles. The van der Waals surface area contributed by atoms with E-state index in [0.717, 1.165) is 45.0 Å². The third-order valence-corrected chi connectivity index (χ3v) is 17.1. The smallest absolute Gasteiger partial charge is 0.303 e. The summed E-state index contributed by atoms with van der Waals surface area (Å²) in [6.45, 7) is 19.7. The first-order chi connectivity index (χ1) is 22.5. The van der Waals surface area contributed by atoms with E-state index in [-0.39, 0.29) is 64.4 Å². The maximum atomic E-state index is 12.6. The highest BCUT2D eigenvalue weighted by Crippen LogP contribution is 2.89. The first-order valence-electron chi connectivity index (χ1n) is 19.7. The van der Waals surface area contributed by atoms with Crippen LogP contribution in [0.3, 0.4) is 0 Å². The number of halogens is 1. The average Bonchev–Trinajstić information content (AvgIpc) is 3.61. The van der Waals surface area contributed by atoms with E-state index in [9.17, 15) is 15.0 Å². The van der Waals surface area contributed by atoms with Gasteiger partial charge in [-0.1, -0.05) is 41.0 Å². The lowest BCUT2D eigenvalue weighted by Crippen LogP contribution is -2.60. The third kappa shape index (κ3) is 5.06. The summed E-state index contributed by atoms with van der Waals surface area (Å²) in [5.41, 5.74) is -0.864. The summed E-state index contributed by atoms with van der Waals surface area (Å²) in [6.07, 6.45) is 11.0. The lowest BCUT2D eigenvalue weighted by molar-refractivity contribution is -0.252. The molecule has 8 fully saturated rings. The number of morpholine rings is 1. The predicted octanol–water partition coefficient (Wildman–Crippen LogP) is 6.52. The van der Waals surface area contributed by atoms with E-state index in [1.165, 1.54) is 51.9 Å². The van der Waals surface area contributed by atoms with E-state index in [0.29, 0.717) is 23.7 Å². The van der Waals surface area contributed by atoms with Gasteiger partial charge in [0.2, 0.25) is 0 Å². The number of hydrogen-bond donors (Lipinski definition) is 2. The van der Waals surface area contributed by atoms with Crippen molar-refractivity contribution in [1.82, 2.24) is 4.90 Å². The van der Waals surface area contributed by atoms with Crippen LogP contribution < -0.4 is 0 Å². The fraction of sp³-hybridized carbons (Fsp3) is 0.975. The Hall–Kier alpha value is -0.480. The van der Waals surface area contributed by atoms with Crippen molar-refractivity contribution in [1.29, 1.82) is 0 Å². The van der Waals surface area contributed by atoms with Crippen LogP contribution in [0.4, 0.5) is 0 Å². The molecular formula is C40H66ClNO7. The van der Waals surface area contributed by atoms with E-state index < -0.39 is 29.9 Å². The Morgan fingerprint density at radius 3 is 2.35 bits per heavy atom. The number of carbonyl (C=O) groups excluding carboxylic acids is 1. The van der Waals surface area contributed by atoms with E-state index in [4.69, 9.17) is 18.9 Å². The SMILES string of the molecule is CC(=O)O[C@@H]([C@H]1C[C@@H](C)[C@H]2[C@H](O1)[C@H](O)[C@@]1(C)[C@@H]3CC[C@H]4C(C)(C)[C@@H](O[C@H]5CN(C6CCC6)CCO5)CC[C@@]45C[C@@]35CC[C@]21C)C(C)(C)O.Cl. The zero-order valence-electron chi connectivity index (χ0n) is 31.5. The molecule has 280 valence electrons. The highest BCUT2D eigenvalue weighted by Gasteiger charge is 2.84. The third-order valence-electron chi connectivity index (χ3n) is 17.1. The molecule has 8 aliphatic rings. The summed E-state index contributed by atoms with van der Waals surface area (Å²) in [4.78, 5) is 14.7. The fourth-order valence-electron chi connectivity index (χ4n) is 14.6. The maximum absolute atomic E-state index is 12.6. The number of aliphatic hydroxyl groups excluding tert-OH is 1. The van der Waals surface area contributed by atoms with Gasteiger partial charge in [0.15, 0.2) is 12.4 Å². The largest absolute Gasteiger partial charge is 0.457 e. The second-order valence-electron chi connectivity index (χ2n) is 19.7. The second-order valence-corrected chi connectivity index (χ2v) is 19.7. The predicted molar refractivity (Wildman–Crippen MR) is 189 cm³/mol. The van der Waals surface area contributed by atoms with Gasteiger partial charge < -0.3 is 29.2 Å². The van der Waals surface area contributed by atoms with E-state index >= 15 is 0 Å². The molecule has 14 atom stereocenters. The highest BCUT2D eigenvalue weighted by atomic mass is 35.5. The van der Waals surface area contributed by atoms with Crippen LogP contribution in [-0.2, 0) is 23.7 Å². The molecule has 0 radical (unpaired) electrons. The van der Waals surface area contributed by atoms with Crippen LogP contribution in [-0.4, -0.2) is 89.2 Å². The topological polar surface area (TPSA) is 97.7 Å². The molecule has 6 saturated carbocycles. The van der Waals surface area contributed by atoms with Crippen LogP contribution in [0.1, 0.15) is 126 Å². The number of aliphatic hydroxyl groups is 2. The van der Waals surface area contributed by atoms with Gasteiger partial charge >= 0.3 is 5.97 Å². The minimum absolute atomic E-state index is 0. The summed E-state index contributed by atoms with van der Waals surface area (Å²) in [7, 11) is 0. The number of ether oxygens (including phenoxy) is 4. The molecule has 8 rings (SSSR count). The minimum atomic E-state index is -1.25. The Morgan fingerprint density at radius 1 is 1.00 bits per heavy atom. The van der Waals surface area contributed by atoms with Crippen LogP contribution in [0.15, 0.2) is 0 Å². The molecule has 2 heterocycles. The molecule has 0 aromatic rings. The van der Waals surface area contributed by atoms with Crippen molar-refractivity contribution in [3.63, 3.8) is 0 Å². The van der Waals surface area contributed by atoms with E-state index in [1.54, 1.807) is 13.8 Å². The first kappa shape index (κ1) is 36.9. The quantitative estimate of drug-likeness (QED) is 0.302. The Labute approximate surface area is 301 Å². The lowest BCUT2D eigenvalue weighted by atomic mass is 9.41. The summed E-state index contributed by atoms with van der Waals surface area (Å²) in [5, 5.41) is 23.6. The Kier molecular flexibility index (Phi) is 9.04. The fourth-order valence-corrected chi connectivity index (χ4v) is 14.6. The molecule has 6 aliphatic carbocycles. The molecule has 2 saturated heterocycles. The second kappa shape index (κ2) is 12.0. The summed E-state index contributed by atoms with van der Waals surface area (Å²) >= 11 is 0. The molecular weight excluding hydrogens is 642 g/mol. The number of esters is 1. The number of carbonyl (C=O) groups is 1. The number of nitrogens with zero attached hydrogens (tertiary/aromatic N) is 1. The van der Waals surface area contributed by atoms with Crippen molar-refractivity contribution in [2.24, 2.45) is 50.7 Å². The summed E-state index contributed by atoms with van der Waals surface area (Å²) < 4.78 is 25.8. The molecule has 0 aromatic carbocycles. The van der Waals surface area contributed by atoms with Crippen molar-refractivity contribution in [2.45, 2.75) is 174 Å². The van der Waals surface area contributed by atoms with Gasteiger partial charge in [-0.25, -0.2) is 0 Å². The highest BCUT2D eigenvalue weighted by molar-refractivity contribution is 5.85. The van der Waals surface area contributed by atoms with Gasteiger partial charge in [-0.3, -0.25) is 9.69 Å². The minimum Gasteiger partial charge on any atom is -0.457 e. The van der Waals surface area contributed by atoms with Crippen molar-refractivity contribution < 1.29 is 34.0 Å². The van der Waals surface area contributed by atoms with E-state index in [1.807, 2.05) is 0 Å². The molecule has 49 heavy (non-hydrogen) atoms. The number of rotatable bonds is 6. The molecule has 2 spiro atoms. The zero-order valence-corrected chi connectivity index (χ0v) is 32.4. The van der Waals surface area contributed by atoms with E-state index in [2.05, 4.69) is 39.5 Å². The summed E-state index contributed by atoms with van der Waals surface area (Å²) in [5.74, 6) is 1.18. The van der Waals surface area contributed by atoms with Crippen LogP contribution in [0.5, 0.6) is 0 Å². The average molecular weight is 708 g/mol. The molecule has 2 aliphatic heterocycles. The van der Waals surface area contributed by atoms with Gasteiger partial charge in [0.05, 0.1) is 36.6 Å². The summed E-state index contributed by atoms with van der Waals surface area (Å²) in [6, 6.07) is 0.730. The zero-order chi connectivity index (χ0) is 34.2. The molecule has 8 nitrogen and oxygen atoms in total. The van der Waals surface area contributed by atoms with Crippen molar-refractivity contribution in [3.05, 3.63) is 0 Å². The van der Waals surface area contributed by atoms with Gasteiger partial charge in [0.1, 0.15) is 0 Å². The van der Waals surface area contributed by atoms with Gasteiger partial charge in [0.25, 0.3) is 0 Å². The van der Waals surface area contributed by atoms with Gasteiger partial charge in [-0.15, -0.1) is 12.4 Å². The Bertz CT molecular complexity index is 1290. The maximum Gasteiger partial charge on any atom is 0.303 e. The van der Waals surface area contributed by atoms with Gasteiger partial charge in [-0.05, 0) is 123 Å². The lowest BCUT2D eigenvalue weighted by Gasteiger charge is -2.64. The van der Waals surface area contributed by atoms with Gasteiger partial charge in [0, 0.05) is 31.5 Å². The van der Waals surface area contributed by atoms with Crippen LogP contribution in [0.2, 0.25) is 0 Å². The molecule has 9 heteroatoms. The number of fused-ring (bicyclic) bond motifs is 4. The number of hydrogen-bond acceptors (Lipinski definition) is 8. The Morgan fingerprint density at radius 2 is 1.69 bits per heavy atom. The van der Waals surface area contributed by atoms with Crippen LogP contribution in [0.25, 0.3) is 0 Å². The van der Waals surface area contributed by atoms with Crippen LogP contribution >= 0.6 is 12.4 Å². The molecule has 0 bridgehead atoms. The molecule has 0 amide bonds. The monoisotopic (exact) mass is 707 g/mol. The van der Waals surface area contributed by atoms with Gasteiger partial charge in [-0.2, -0.15) is 0 Å². The Balaban J connectivity index is 0.00000378. The van der Waals surface area contributed by atoms with Crippen molar-refractivity contribution >= 4 is 18.4 Å². The van der Waals surface area contributed by atoms with Crippen molar-refractivity contribution in [3.8, 4) is 0 Å². The standard InChI is InChI=1S/C40H65NO7.ClH/c1-23-20-26(34(36(5,6)44)46-24(2)42)47-32-31(23)37(7)16-17-40-22-39(40)15-14-29(48-30-21-41(18-19-45-30)25-10-9-11-25)35(3,4)27(39)12-13-28(40)38(37,8)33(32)43;/h23,25-34,43-44H,9-22H2,1-8H3;1H/t23-,26-,27+,28+,29+,30+,31+,32+,33+,34+,37-,38-,39-,40+;/m1./s1. The van der Waals surface area contributed by atoms with Crippen molar-refractivity contribution in [2.75, 3.05) is 19.7 Å². The normalized spacial score (nSPS) is 51.0.